The Morgan fingerprint density at radius 1 is 1.26 bits per heavy atom. The van der Waals surface area contributed by atoms with Gasteiger partial charge in [-0.2, -0.15) is 0 Å². The Morgan fingerprint density at radius 3 is 2.42 bits per heavy atom. The van der Waals surface area contributed by atoms with E-state index >= 15 is 0 Å². The minimum absolute atomic E-state index is 0.175. The number of carbonyl (C=O) groups is 1. The molecule has 0 unspecified atom stereocenters. The number of aromatic nitrogens is 1. The highest BCUT2D eigenvalue weighted by Crippen LogP contribution is 2.27. The van der Waals surface area contributed by atoms with E-state index in [0.717, 1.165) is 32.1 Å². The number of nitrogens with zero attached hydrogens (tertiary/aromatic N) is 1. The predicted octanol–water partition coefficient (Wildman–Crippen LogP) is 2.81. The summed E-state index contributed by atoms with van der Waals surface area (Å²) in [5, 5.41) is 13.4. The molecule has 1 heterocycles. The van der Waals surface area contributed by atoms with E-state index in [1.165, 1.54) is 12.1 Å². The van der Waals surface area contributed by atoms with Crippen LogP contribution in [0.5, 0.6) is 0 Å². The Hall–Kier alpha value is -0.840. The largest absolute Gasteiger partial charge is 0.388 e. The normalized spacial score (nSPS) is 18.1. The van der Waals surface area contributed by atoms with Crippen LogP contribution < -0.4 is 5.32 Å². The second kappa shape index (κ2) is 6.07. The lowest BCUT2D eigenvalue weighted by Crippen LogP contribution is -2.44. The molecule has 6 heteroatoms. The summed E-state index contributed by atoms with van der Waals surface area (Å²) in [4.78, 5) is 15.7. The fourth-order valence-corrected chi connectivity index (χ4v) is 2.79. The van der Waals surface area contributed by atoms with Crippen LogP contribution >= 0.6 is 23.2 Å². The maximum absolute atomic E-state index is 12.0. The molecule has 0 atom stereocenters. The average Bonchev–Trinajstić information content (AvgIpc) is 2.36. The molecule has 0 spiro atoms. The van der Waals surface area contributed by atoms with Gasteiger partial charge in [0.05, 0.1) is 5.60 Å². The van der Waals surface area contributed by atoms with Gasteiger partial charge in [-0.3, -0.25) is 4.79 Å². The zero-order chi connectivity index (χ0) is 13.9. The Kier molecular flexibility index (Phi) is 4.66. The molecular weight excluding hydrogens is 287 g/mol. The summed E-state index contributed by atoms with van der Waals surface area (Å²) in [6, 6.07) is 2.90. The molecule has 2 N–H and O–H groups in total. The molecule has 2 rings (SSSR count). The second-order valence-electron chi connectivity index (χ2n) is 4.97. The van der Waals surface area contributed by atoms with Crippen LogP contribution in [0.1, 0.15) is 42.5 Å². The molecule has 4 nitrogen and oxygen atoms in total. The van der Waals surface area contributed by atoms with Gasteiger partial charge in [-0.1, -0.05) is 42.5 Å². The van der Waals surface area contributed by atoms with Gasteiger partial charge < -0.3 is 10.4 Å². The van der Waals surface area contributed by atoms with Gasteiger partial charge in [0.1, 0.15) is 10.3 Å². The molecular formula is C13H16Cl2N2O2. The summed E-state index contributed by atoms with van der Waals surface area (Å²) in [7, 11) is 0. The molecule has 1 amide bonds. The quantitative estimate of drug-likeness (QED) is 0.844. The van der Waals surface area contributed by atoms with Crippen molar-refractivity contribution in [2.75, 3.05) is 6.54 Å². The molecule has 1 aromatic heterocycles. The molecule has 19 heavy (non-hydrogen) atoms. The standard InChI is InChI=1S/C13H16Cl2N2O2/c14-10-6-9(7-11(15)17-10)12(18)16-8-13(19)4-2-1-3-5-13/h6-7,19H,1-5,8H2,(H,16,18). The van der Waals surface area contributed by atoms with Gasteiger partial charge in [0.2, 0.25) is 0 Å². The van der Waals surface area contributed by atoms with Crippen LogP contribution in [0.2, 0.25) is 10.3 Å². The number of hydrogen-bond donors (Lipinski definition) is 2. The van der Waals surface area contributed by atoms with Gasteiger partial charge in [-0.25, -0.2) is 4.98 Å². The first-order chi connectivity index (χ1) is 8.98. The summed E-state index contributed by atoms with van der Waals surface area (Å²) in [6.45, 7) is 0.253. The number of hydrogen-bond acceptors (Lipinski definition) is 3. The van der Waals surface area contributed by atoms with Gasteiger partial charge in [-0.15, -0.1) is 0 Å². The van der Waals surface area contributed by atoms with E-state index in [9.17, 15) is 9.90 Å². The predicted molar refractivity (Wildman–Crippen MR) is 74.6 cm³/mol. The first kappa shape index (κ1) is 14.6. The van der Waals surface area contributed by atoms with Gasteiger partial charge in [-0.05, 0) is 25.0 Å². The first-order valence-corrected chi connectivity index (χ1v) is 7.08. The van der Waals surface area contributed by atoms with E-state index in [2.05, 4.69) is 10.3 Å². The van der Waals surface area contributed by atoms with Crippen LogP contribution in [0.3, 0.4) is 0 Å². The van der Waals surface area contributed by atoms with Crippen LogP contribution in [-0.4, -0.2) is 28.1 Å². The maximum Gasteiger partial charge on any atom is 0.251 e. The molecule has 1 saturated carbocycles. The lowest BCUT2D eigenvalue weighted by molar-refractivity contribution is 0.00526. The highest BCUT2D eigenvalue weighted by Gasteiger charge is 2.29. The van der Waals surface area contributed by atoms with Gasteiger partial charge in [0.25, 0.3) is 5.91 Å². The lowest BCUT2D eigenvalue weighted by Gasteiger charge is -2.32. The number of rotatable bonds is 3. The Balaban J connectivity index is 1.97. The third-order valence-electron chi connectivity index (χ3n) is 3.39. The van der Waals surface area contributed by atoms with E-state index in [-0.39, 0.29) is 22.8 Å². The van der Waals surface area contributed by atoms with E-state index in [1.807, 2.05) is 0 Å². The summed E-state index contributed by atoms with van der Waals surface area (Å²) >= 11 is 11.5. The van der Waals surface area contributed by atoms with Crippen molar-refractivity contribution >= 4 is 29.1 Å². The van der Waals surface area contributed by atoms with E-state index in [0.29, 0.717) is 5.56 Å². The van der Waals surface area contributed by atoms with Crippen LogP contribution in [0.25, 0.3) is 0 Å². The van der Waals surface area contributed by atoms with E-state index < -0.39 is 5.60 Å². The molecule has 104 valence electrons. The Bertz CT molecular complexity index is 453. The smallest absolute Gasteiger partial charge is 0.251 e. The number of pyridine rings is 1. The minimum Gasteiger partial charge on any atom is -0.388 e. The highest BCUT2D eigenvalue weighted by molar-refractivity contribution is 6.33. The third-order valence-corrected chi connectivity index (χ3v) is 3.77. The number of aliphatic hydroxyl groups is 1. The van der Waals surface area contributed by atoms with Crippen LogP contribution in [0, 0.1) is 0 Å². The molecule has 0 aromatic carbocycles. The first-order valence-electron chi connectivity index (χ1n) is 6.32. The summed E-state index contributed by atoms with van der Waals surface area (Å²) in [5.74, 6) is -0.301. The molecule has 0 radical (unpaired) electrons. The van der Waals surface area contributed by atoms with E-state index in [1.54, 1.807) is 0 Å². The van der Waals surface area contributed by atoms with Crippen molar-refractivity contribution in [3.63, 3.8) is 0 Å². The fourth-order valence-electron chi connectivity index (χ4n) is 2.33. The van der Waals surface area contributed by atoms with Crippen molar-refractivity contribution < 1.29 is 9.90 Å². The summed E-state index contributed by atoms with van der Waals surface area (Å²) in [6.07, 6.45) is 4.60. The van der Waals surface area contributed by atoms with Crippen LogP contribution in [0.15, 0.2) is 12.1 Å². The van der Waals surface area contributed by atoms with Gasteiger partial charge in [0.15, 0.2) is 0 Å². The van der Waals surface area contributed by atoms with Crippen molar-refractivity contribution in [1.82, 2.24) is 10.3 Å². The van der Waals surface area contributed by atoms with Crippen molar-refractivity contribution in [3.05, 3.63) is 28.0 Å². The monoisotopic (exact) mass is 302 g/mol. The number of carbonyl (C=O) groups excluding carboxylic acids is 1. The van der Waals surface area contributed by atoms with Crippen molar-refractivity contribution in [3.8, 4) is 0 Å². The second-order valence-corrected chi connectivity index (χ2v) is 5.74. The van der Waals surface area contributed by atoms with Crippen molar-refractivity contribution in [2.45, 2.75) is 37.7 Å². The highest BCUT2D eigenvalue weighted by atomic mass is 35.5. The van der Waals surface area contributed by atoms with Gasteiger partial charge >= 0.3 is 0 Å². The van der Waals surface area contributed by atoms with E-state index in [4.69, 9.17) is 23.2 Å². The van der Waals surface area contributed by atoms with Crippen LogP contribution in [-0.2, 0) is 0 Å². The summed E-state index contributed by atoms with van der Waals surface area (Å²) < 4.78 is 0. The maximum atomic E-state index is 12.0. The lowest BCUT2D eigenvalue weighted by atomic mass is 9.85. The SMILES string of the molecule is O=C(NCC1(O)CCCCC1)c1cc(Cl)nc(Cl)c1. The Morgan fingerprint density at radius 2 is 1.84 bits per heavy atom. The molecule has 1 aromatic rings. The molecule has 1 aliphatic carbocycles. The minimum atomic E-state index is -0.783. The van der Waals surface area contributed by atoms with Crippen molar-refractivity contribution in [2.24, 2.45) is 0 Å². The topological polar surface area (TPSA) is 62.2 Å². The number of halogens is 2. The fraction of sp³-hybridized carbons (Fsp3) is 0.538. The molecule has 1 aliphatic rings. The number of nitrogens with one attached hydrogen (secondary N) is 1. The van der Waals surface area contributed by atoms with Gasteiger partial charge in [0, 0.05) is 12.1 Å². The van der Waals surface area contributed by atoms with Crippen LogP contribution in [0.4, 0.5) is 0 Å². The Labute approximate surface area is 122 Å². The third kappa shape index (κ3) is 4.06. The zero-order valence-electron chi connectivity index (χ0n) is 10.5. The average molecular weight is 303 g/mol. The molecule has 1 fully saturated rings. The zero-order valence-corrected chi connectivity index (χ0v) is 12.0. The van der Waals surface area contributed by atoms with Crippen molar-refractivity contribution in [1.29, 1.82) is 0 Å². The number of amides is 1. The molecule has 0 saturated heterocycles. The summed E-state index contributed by atoms with van der Waals surface area (Å²) in [5.41, 5.74) is -0.432. The molecule has 0 bridgehead atoms. The molecule has 0 aliphatic heterocycles.